The van der Waals surface area contributed by atoms with Gasteiger partial charge in [0.2, 0.25) is 0 Å². The van der Waals surface area contributed by atoms with E-state index in [2.05, 4.69) is 22.5 Å². The highest BCUT2D eigenvalue weighted by molar-refractivity contribution is 7.99. The Labute approximate surface area is 154 Å². The maximum Gasteiger partial charge on any atom is 0.191 e. The summed E-state index contributed by atoms with van der Waals surface area (Å²) in [7, 11) is 0. The van der Waals surface area contributed by atoms with Crippen molar-refractivity contribution in [3.8, 4) is 6.07 Å². The fraction of sp³-hybridized carbons (Fsp3) is 0.579. The van der Waals surface area contributed by atoms with E-state index in [1.807, 2.05) is 24.8 Å². The topological polar surface area (TPSA) is 60.2 Å². The summed E-state index contributed by atoms with van der Waals surface area (Å²) in [5, 5.41) is 16.4. The standard InChI is InChI=1S/C19H27FN4S/c1-3-22-19(24-16-6-5-7-17(11-16)25-4-2)23-13-15-10-14(12-21)8-9-18(15)20/h8-10,16-17H,3-7,11,13H2,1-2H3,(H2,22,23,24). The maximum absolute atomic E-state index is 13.9. The molecule has 0 saturated heterocycles. The molecule has 2 N–H and O–H groups in total. The molecule has 0 aromatic heterocycles. The molecule has 25 heavy (non-hydrogen) atoms. The highest BCUT2D eigenvalue weighted by atomic mass is 32.2. The van der Waals surface area contributed by atoms with Gasteiger partial charge in [0, 0.05) is 23.4 Å². The van der Waals surface area contributed by atoms with Gasteiger partial charge < -0.3 is 10.6 Å². The van der Waals surface area contributed by atoms with Gasteiger partial charge in [-0.05, 0) is 50.1 Å². The van der Waals surface area contributed by atoms with Gasteiger partial charge in [0.15, 0.2) is 5.96 Å². The number of nitrogens with one attached hydrogen (secondary N) is 2. The zero-order valence-electron chi connectivity index (χ0n) is 15.0. The summed E-state index contributed by atoms with van der Waals surface area (Å²) >= 11 is 2.03. The van der Waals surface area contributed by atoms with Crippen LogP contribution in [0, 0.1) is 17.1 Å². The number of hydrogen-bond donors (Lipinski definition) is 2. The van der Waals surface area contributed by atoms with E-state index in [0.29, 0.717) is 22.4 Å². The quantitative estimate of drug-likeness (QED) is 0.597. The third-order valence-electron chi connectivity index (χ3n) is 4.30. The molecule has 0 amide bonds. The fourth-order valence-electron chi connectivity index (χ4n) is 3.11. The smallest absolute Gasteiger partial charge is 0.191 e. The molecule has 2 rings (SSSR count). The number of hydrogen-bond acceptors (Lipinski definition) is 3. The van der Waals surface area contributed by atoms with Gasteiger partial charge in [0.05, 0.1) is 18.2 Å². The van der Waals surface area contributed by atoms with Crippen molar-refractivity contribution >= 4 is 17.7 Å². The minimum absolute atomic E-state index is 0.219. The number of thioether (sulfide) groups is 1. The summed E-state index contributed by atoms with van der Waals surface area (Å²) in [6, 6.07) is 6.83. The first-order chi connectivity index (χ1) is 12.2. The molecule has 6 heteroatoms. The van der Waals surface area contributed by atoms with E-state index in [-0.39, 0.29) is 12.4 Å². The number of aliphatic imine (C=N–C) groups is 1. The summed E-state index contributed by atoms with van der Waals surface area (Å²) in [6.45, 7) is 5.20. The van der Waals surface area contributed by atoms with Crippen molar-refractivity contribution in [3.05, 3.63) is 35.1 Å². The molecule has 0 aliphatic heterocycles. The van der Waals surface area contributed by atoms with Gasteiger partial charge in [-0.3, -0.25) is 0 Å². The zero-order valence-corrected chi connectivity index (χ0v) is 15.8. The zero-order chi connectivity index (χ0) is 18.1. The van der Waals surface area contributed by atoms with E-state index >= 15 is 0 Å². The van der Waals surface area contributed by atoms with Crippen LogP contribution in [0.25, 0.3) is 0 Å². The van der Waals surface area contributed by atoms with Crippen LogP contribution in [0.3, 0.4) is 0 Å². The number of halogens is 1. The molecule has 4 nitrogen and oxygen atoms in total. The lowest BCUT2D eigenvalue weighted by Crippen LogP contribution is -2.45. The Hall–Kier alpha value is -1.74. The third kappa shape index (κ3) is 6.24. The molecule has 0 heterocycles. The highest BCUT2D eigenvalue weighted by Gasteiger charge is 2.22. The molecule has 1 saturated carbocycles. The first-order valence-electron chi connectivity index (χ1n) is 9.01. The molecule has 1 aromatic carbocycles. The normalized spacial score (nSPS) is 20.8. The summed E-state index contributed by atoms with van der Waals surface area (Å²) in [6.07, 6.45) is 4.80. The minimum Gasteiger partial charge on any atom is -0.357 e. The third-order valence-corrected chi connectivity index (χ3v) is 5.53. The second kappa shape index (κ2) is 10.3. The number of nitriles is 1. The van der Waals surface area contributed by atoms with Gasteiger partial charge >= 0.3 is 0 Å². The summed E-state index contributed by atoms with van der Waals surface area (Å²) in [5.41, 5.74) is 0.899. The van der Waals surface area contributed by atoms with Gasteiger partial charge in [-0.25, -0.2) is 9.38 Å². The molecule has 1 aliphatic carbocycles. The van der Waals surface area contributed by atoms with Crippen molar-refractivity contribution < 1.29 is 4.39 Å². The highest BCUT2D eigenvalue weighted by Crippen LogP contribution is 2.28. The van der Waals surface area contributed by atoms with Crippen LogP contribution in [0.2, 0.25) is 0 Å². The van der Waals surface area contributed by atoms with E-state index in [1.54, 1.807) is 6.07 Å². The number of rotatable bonds is 6. The SMILES string of the molecule is CCNC(=NCc1cc(C#N)ccc1F)NC1CCCC(SCC)C1. The molecule has 136 valence electrons. The minimum atomic E-state index is -0.323. The monoisotopic (exact) mass is 362 g/mol. The summed E-state index contributed by atoms with van der Waals surface area (Å²) in [4.78, 5) is 4.52. The van der Waals surface area contributed by atoms with Crippen LogP contribution >= 0.6 is 11.8 Å². The fourth-order valence-corrected chi connectivity index (χ4v) is 4.28. The van der Waals surface area contributed by atoms with Crippen molar-refractivity contribution in [3.63, 3.8) is 0 Å². The number of nitrogens with zero attached hydrogens (tertiary/aromatic N) is 2. The Balaban J connectivity index is 2.02. The first kappa shape index (κ1) is 19.6. The average Bonchev–Trinajstić information content (AvgIpc) is 2.61. The number of guanidine groups is 1. The van der Waals surface area contributed by atoms with E-state index < -0.39 is 0 Å². The van der Waals surface area contributed by atoms with Crippen LogP contribution in [-0.2, 0) is 6.54 Å². The lowest BCUT2D eigenvalue weighted by molar-refractivity contribution is 0.419. The van der Waals surface area contributed by atoms with Crippen molar-refractivity contribution in [2.75, 3.05) is 12.3 Å². The molecular weight excluding hydrogens is 335 g/mol. The molecule has 2 unspecified atom stereocenters. The molecule has 1 aliphatic rings. The molecule has 0 radical (unpaired) electrons. The van der Waals surface area contributed by atoms with Crippen molar-refractivity contribution in [2.45, 2.75) is 57.4 Å². The molecule has 1 fully saturated rings. The first-order valence-corrected chi connectivity index (χ1v) is 10.1. The number of benzene rings is 1. The van der Waals surface area contributed by atoms with Gasteiger partial charge in [0.25, 0.3) is 0 Å². The molecule has 0 bridgehead atoms. The molecule has 1 aromatic rings. The molecular formula is C19H27FN4S. The van der Waals surface area contributed by atoms with E-state index in [9.17, 15) is 4.39 Å². The Bertz CT molecular complexity index is 624. The van der Waals surface area contributed by atoms with E-state index in [1.165, 1.54) is 25.0 Å². The largest absolute Gasteiger partial charge is 0.357 e. The van der Waals surface area contributed by atoms with E-state index in [4.69, 9.17) is 5.26 Å². The van der Waals surface area contributed by atoms with Crippen LogP contribution in [0.5, 0.6) is 0 Å². The Morgan fingerprint density at radius 3 is 2.96 bits per heavy atom. The van der Waals surface area contributed by atoms with Crippen LogP contribution in [0.15, 0.2) is 23.2 Å². The second-order valence-corrected chi connectivity index (χ2v) is 7.78. The lowest BCUT2D eigenvalue weighted by atomic mass is 9.95. The van der Waals surface area contributed by atoms with Crippen LogP contribution in [-0.4, -0.2) is 29.5 Å². The maximum atomic E-state index is 13.9. The predicted molar refractivity (Wildman–Crippen MR) is 103 cm³/mol. The van der Waals surface area contributed by atoms with Crippen LogP contribution in [0.1, 0.15) is 50.7 Å². The Kier molecular flexibility index (Phi) is 8.07. The van der Waals surface area contributed by atoms with Crippen molar-refractivity contribution in [1.29, 1.82) is 5.26 Å². The Morgan fingerprint density at radius 2 is 2.24 bits per heavy atom. The summed E-state index contributed by atoms with van der Waals surface area (Å²) < 4.78 is 13.9. The summed E-state index contributed by atoms with van der Waals surface area (Å²) in [5.74, 6) is 1.55. The van der Waals surface area contributed by atoms with Crippen molar-refractivity contribution in [1.82, 2.24) is 10.6 Å². The van der Waals surface area contributed by atoms with Crippen LogP contribution < -0.4 is 10.6 Å². The lowest BCUT2D eigenvalue weighted by Gasteiger charge is -2.30. The van der Waals surface area contributed by atoms with Crippen LogP contribution in [0.4, 0.5) is 4.39 Å². The average molecular weight is 363 g/mol. The van der Waals surface area contributed by atoms with E-state index in [0.717, 1.165) is 31.1 Å². The molecule has 2 atom stereocenters. The predicted octanol–water partition coefficient (Wildman–Crippen LogP) is 3.82. The second-order valence-electron chi connectivity index (χ2n) is 6.20. The van der Waals surface area contributed by atoms with Gasteiger partial charge in [-0.2, -0.15) is 17.0 Å². The van der Waals surface area contributed by atoms with Gasteiger partial charge in [-0.1, -0.05) is 13.3 Å². The van der Waals surface area contributed by atoms with Gasteiger partial charge in [-0.15, -0.1) is 0 Å². The van der Waals surface area contributed by atoms with Crippen molar-refractivity contribution in [2.24, 2.45) is 4.99 Å². The Morgan fingerprint density at radius 1 is 1.40 bits per heavy atom. The molecule has 0 spiro atoms. The van der Waals surface area contributed by atoms with Gasteiger partial charge in [0.1, 0.15) is 5.82 Å².